The van der Waals surface area contributed by atoms with Crippen molar-refractivity contribution in [1.29, 1.82) is 0 Å². The van der Waals surface area contributed by atoms with Gasteiger partial charge in [0.05, 0.1) is 5.92 Å². The summed E-state index contributed by atoms with van der Waals surface area (Å²) in [5, 5.41) is 0. The minimum absolute atomic E-state index is 0.0260. The van der Waals surface area contributed by atoms with Crippen LogP contribution in [0.5, 0.6) is 0 Å². The highest BCUT2D eigenvalue weighted by molar-refractivity contribution is 8.22. The Hall–Kier alpha value is -0.990. The first-order valence-electron chi connectivity index (χ1n) is 8.38. The molecule has 0 spiro atoms. The van der Waals surface area contributed by atoms with Gasteiger partial charge in [-0.1, -0.05) is 26.8 Å². The van der Waals surface area contributed by atoms with E-state index in [1.54, 1.807) is 0 Å². The number of hydrogen-bond donors (Lipinski definition) is 0. The van der Waals surface area contributed by atoms with E-state index in [1.807, 2.05) is 32.9 Å². The van der Waals surface area contributed by atoms with Crippen LogP contribution in [0.25, 0.3) is 0 Å². The van der Waals surface area contributed by atoms with Crippen LogP contribution in [0.2, 0.25) is 0 Å². The molecule has 0 saturated carbocycles. The molecule has 0 N–H and O–H groups in total. The Bertz CT molecular complexity index is 500. The molecule has 134 valence electrons. The fourth-order valence-electron chi connectivity index (χ4n) is 1.95. The molecule has 0 heterocycles. The molecule has 0 aliphatic rings. The molecule has 0 fully saturated rings. The molecule has 0 saturated heterocycles. The first-order chi connectivity index (χ1) is 10.5. The first kappa shape index (κ1) is 22.0. The molecule has 0 aromatic heterocycles. The third-order valence-corrected chi connectivity index (χ3v) is 5.11. The standard InChI is InChI=1S/C19H34O3S/c1-15(2)17(4)19(21)22-18(14-16(3)20)12-10-8-9-11-13-23(5,6)7/h5,10,12,15,17-18H,8-9,11,13-14H2,1-4,6-7H3. The summed E-state index contributed by atoms with van der Waals surface area (Å²) in [6, 6.07) is 0. The van der Waals surface area contributed by atoms with E-state index in [0.717, 1.165) is 25.0 Å². The molecule has 0 rings (SSSR count). The van der Waals surface area contributed by atoms with E-state index in [2.05, 4.69) is 12.5 Å². The highest BCUT2D eigenvalue weighted by Crippen LogP contribution is 2.22. The molecule has 2 unspecified atom stereocenters. The van der Waals surface area contributed by atoms with Crippen molar-refractivity contribution in [2.24, 2.45) is 11.8 Å². The topological polar surface area (TPSA) is 43.4 Å². The summed E-state index contributed by atoms with van der Waals surface area (Å²) in [6.45, 7) is 7.36. The largest absolute Gasteiger partial charge is 0.457 e. The normalized spacial score (nSPS) is 14.9. The smallest absolute Gasteiger partial charge is 0.309 e. The second-order valence-electron chi connectivity index (χ2n) is 7.17. The lowest BCUT2D eigenvalue weighted by atomic mass is 9.98. The van der Waals surface area contributed by atoms with Crippen LogP contribution < -0.4 is 0 Å². The van der Waals surface area contributed by atoms with Gasteiger partial charge in [0.1, 0.15) is 11.9 Å². The Morgan fingerprint density at radius 3 is 2.26 bits per heavy atom. The molecule has 0 aromatic carbocycles. The van der Waals surface area contributed by atoms with Crippen LogP contribution in [0.3, 0.4) is 0 Å². The number of hydrogen-bond acceptors (Lipinski definition) is 3. The quantitative estimate of drug-likeness (QED) is 0.332. The molecular weight excluding hydrogens is 308 g/mol. The minimum Gasteiger partial charge on any atom is -0.457 e. The van der Waals surface area contributed by atoms with E-state index in [0.29, 0.717) is 0 Å². The van der Waals surface area contributed by atoms with Crippen molar-refractivity contribution in [2.75, 3.05) is 18.3 Å². The van der Waals surface area contributed by atoms with E-state index in [1.165, 1.54) is 6.92 Å². The molecule has 0 aliphatic heterocycles. The highest BCUT2D eigenvalue weighted by Gasteiger charge is 2.21. The Morgan fingerprint density at radius 2 is 1.78 bits per heavy atom. The molecule has 0 bridgehead atoms. The van der Waals surface area contributed by atoms with E-state index in [9.17, 15) is 9.59 Å². The molecule has 3 nitrogen and oxygen atoms in total. The van der Waals surface area contributed by atoms with Crippen LogP contribution in [-0.2, 0) is 14.3 Å². The van der Waals surface area contributed by atoms with Gasteiger partial charge in [-0.15, -0.1) is 5.69 Å². The number of ether oxygens (including phenoxy) is 1. The fourth-order valence-corrected chi connectivity index (χ4v) is 2.89. The average molecular weight is 343 g/mol. The monoisotopic (exact) mass is 342 g/mol. The maximum atomic E-state index is 12.0. The lowest BCUT2D eigenvalue weighted by molar-refractivity contribution is -0.153. The fraction of sp³-hybridized carbons (Fsp3) is 0.737. The predicted molar refractivity (Wildman–Crippen MR) is 101 cm³/mol. The van der Waals surface area contributed by atoms with E-state index in [-0.39, 0.29) is 30.0 Å². The van der Waals surface area contributed by atoms with Gasteiger partial charge in [0.2, 0.25) is 0 Å². The van der Waals surface area contributed by atoms with Crippen LogP contribution in [0, 0.1) is 17.5 Å². The van der Waals surface area contributed by atoms with Gasteiger partial charge in [-0.3, -0.25) is 9.59 Å². The molecule has 2 atom stereocenters. The number of carbonyl (C=O) groups is 2. The van der Waals surface area contributed by atoms with Crippen LogP contribution in [0.15, 0.2) is 12.2 Å². The summed E-state index contributed by atoms with van der Waals surface area (Å²) >= 11 is 0. The minimum atomic E-state index is -0.915. The number of ketones is 1. The third kappa shape index (κ3) is 12.1. The van der Waals surface area contributed by atoms with Crippen molar-refractivity contribution in [1.82, 2.24) is 0 Å². The van der Waals surface area contributed by atoms with Crippen molar-refractivity contribution in [3.8, 4) is 5.69 Å². The Labute approximate surface area is 143 Å². The van der Waals surface area contributed by atoms with Gasteiger partial charge in [0, 0.05) is 6.42 Å². The van der Waals surface area contributed by atoms with Gasteiger partial charge in [-0.05, 0) is 56.4 Å². The summed E-state index contributed by atoms with van der Waals surface area (Å²) < 4.78 is 5.48. The second-order valence-corrected chi connectivity index (χ2v) is 10.8. The molecule has 23 heavy (non-hydrogen) atoms. The molecule has 0 aromatic rings. The van der Waals surface area contributed by atoms with Gasteiger partial charge in [-0.2, -0.15) is 9.44 Å². The van der Waals surface area contributed by atoms with Crippen molar-refractivity contribution in [3.05, 3.63) is 12.2 Å². The average Bonchev–Trinajstić information content (AvgIpc) is 2.39. The van der Waals surface area contributed by atoms with Crippen molar-refractivity contribution < 1.29 is 14.3 Å². The summed E-state index contributed by atoms with van der Waals surface area (Å²) in [4.78, 5) is 23.4. The van der Waals surface area contributed by atoms with Crippen molar-refractivity contribution >= 4 is 21.2 Å². The SMILES string of the molecule is C#S(C)(C)CCCCC=CC(CC(C)=O)OC(=O)C(C)C(C)C. The lowest BCUT2D eigenvalue weighted by Crippen LogP contribution is -2.25. The molecular formula is C19H34O3S. The summed E-state index contributed by atoms with van der Waals surface area (Å²) in [7, 11) is -0.915. The van der Waals surface area contributed by atoms with Gasteiger partial charge in [-0.25, -0.2) is 0 Å². The number of rotatable bonds is 10. The maximum Gasteiger partial charge on any atom is 0.309 e. The van der Waals surface area contributed by atoms with Gasteiger partial charge >= 0.3 is 5.97 Å². The summed E-state index contributed by atoms with van der Waals surface area (Å²) in [5.74, 6) is 0.931. The number of Topliss-reactive ketones (excluding diaryl/α,β-unsaturated/α-hetero) is 1. The number of carbonyl (C=O) groups excluding carboxylic acids is 2. The lowest BCUT2D eigenvalue weighted by Gasteiger charge is -2.19. The van der Waals surface area contributed by atoms with Crippen LogP contribution in [0.1, 0.15) is 53.4 Å². The molecule has 0 aliphatic carbocycles. The summed E-state index contributed by atoms with van der Waals surface area (Å²) in [6.07, 6.45) is 11.0. The highest BCUT2D eigenvalue weighted by atomic mass is 32.2. The molecule has 0 radical (unpaired) electrons. The Kier molecular flexibility index (Phi) is 10.3. The summed E-state index contributed by atoms with van der Waals surface area (Å²) in [5.41, 5.74) is 6.03. The van der Waals surface area contributed by atoms with Crippen LogP contribution in [0.4, 0.5) is 0 Å². The Morgan fingerprint density at radius 1 is 1.17 bits per heavy atom. The maximum absolute atomic E-state index is 12.0. The third-order valence-electron chi connectivity index (χ3n) is 3.77. The van der Waals surface area contributed by atoms with Crippen LogP contribution in [-0.4, -0.2) is 36.1 Å². The number of unbranched alkanes of at least 4 members (excludes halogenated alkanes) is 2. The second kappa shape index (κ2) is 10.7. The molecule has 4 heteroatoms. The zero-order valence-electron chi connectivity index (χ0n) is 15.6. The van der Waals surface area contributed by atoms with E-state index in [4.69, 9.17) is 10.4 Å². The van der Waals surface area contributed by atoms with Gasteiger partial charge < -0.3 is 4.74 Å². The van der Waals surface area contributed by atoms with Crippen molar-refractivity contribution in [3.63, 3.8) is 0 Å². The predicted octanol–water partition coefficient (Wildman–Crippen LogP) is 4.55. The van der Waals surface area contributed by atoms with Crippen LogP contribution >= 0.6 is 9.44 Å². The number of allylic oxidation sites excluding steroid dienone is 1. The number of esters is 1. The zero-order chi connectivity index (χ0) is 18.0. The van der Waals surface area contributed by atoms with E-state index >= 15 is 0 Å². The molecule has 0 amide bonds. The zero-order valence-corrected chi connectivity index (χ0v) is 16.4. The van der Waals surface area contributed by atoms with Gasteiger partial charge in [0.15, 0.2) is 0 Å². The van der Waals surface area contributed by atoms with Gasteiger partial charge in [0.25, 0.3) is 0 Å². The van der Waals surface area contributed by atoms with Crippen molar-refractivity contribution in [2.45, 2.75) is 59.5 Å². The first-order valence-corrected chi connectivity index (χ1v) is 11.1. The van der Waals surface area contributed by atoms with E-state index < -0.39 is 15.5 Å². The Balaban J connectivity index is 4.40.